The Bertz CT molecular complexity index is 847. The molecule has 2 amide bonds. The molecule has 6 nitrogen and oxygen atoms in total. The van der Waals surface area contributed by atoms with Crippen LogP contribution in [0.15, 0.2) is 54.6 Å². The summed E-state index contributed by atoms with van der Waals surface area (Å²) in [5.74, 6) is -2.49. The molecular weight excluding hydrogens is 341 g/mol. The summed E-state index contributed by atoms with van der Waals surface area (Å²) in [6, 6.07) is 12.2. The number of carbonyl (C=O) groups is 3. The van der Waals surface area contributed by atoms with Crippen molar-refractivity contribution >= 4 is 23.9 Å². The van der Waals surface area contributed by atoms with Crippen molar-refractivity contribution in [3.05, 3.63) is 71.6 Å². The minimum Gasteiger partial charge on any atom is -0.496 e. The Morgan fingerprint density at radius 2 is 1.77 bits per heavy atom. The standard InChI is InChI=1S/C19H16FNO5/c1-25-16-9-5-3-7-14(16)19(24)21-17(22)12-26-18(23)11-10-13-6-2-4-8-15(13)20/h2-11H,12H2,1H3,(H,21,22,24)/b11-10-. The minimum absolute atomic E-state index is 0.175. The van der Waals surface area contributed by atoms with Crippen LogP contribution in [0.25, 0.3) is 6.08 Å². The molecule has 1 N–H and O–H groups in total. The van der Waals surface area contributed by atoms with Gasteiger partial charge < -0.3 is 9.47 Å². The third-order valence-corrected chi connectivity index (χ3v) is 3.25. The molecule has 0 saturated carbocycles. The van der Waals surface area contributed by atoms with Gasteiger partial charge in [-0.05, 0) is 24.3 Å². The number of hydrogen-bond donors (Lipinski definition) is 1. The molecule has 2 aromatic rings. The lowest BCUT2D eigenvalue weighted by molar-refractivity contribution is -0.143. The van der Waals surface area contributed by atoms with E-state index < -0.39 is 30.2 Å². The van der Waals surface area contributed by atoms with Gasteiger partial charge >= 0.3 is 5.97 Å². The van der Waals surface area contributed by atoms with Gasteiger partial charge in [0.15, 0.2) is 6.61 Å². The van der Waals surface area contributed by atoms with Crippen LogP contribution in [0.3, 0.4) is 0 Å². The zero-order valence-corrected chi connectivity index (χ0v) is 13.9. The molecule has 0 radical (unpaired) electrons. The second-order valence-corrected chi connectivity index (χ2v) is 5.04. The van der Waals surface area contributed by atoms with Crippen molar-refractivity contribution in [1.29, 1.82) is 0 Å². The first-order valence-electron chi connectivity index (χ1n) is 7.58. The van der Waals surface area contributed by atoms with Crippen LogP contribution in [0.2, 0.25) is 0 Å². The summed E-state index contributed by atoms with van der Waals surface area (Å²) < 4.78 is 23.2. The smallest absolute Gasteiger partial charge is 0.331 e. The molecule has 0 aromatic heterocycles. The number of nitrogens with one attached hydrogen (secondary N) is 1. The fourth-order valence-electron chi connectivity index (χ4n) is 2.02. The third-order valence-electron chi connectivity index (χ3n) is 3.25. The van der Waals surface area contributed by atoms with Crippen LogP contribution < -0.4 is 10.1 Å². The summed E-state index contributed by atoms with van der Waals surface area (Å²) >= 11 is 0. The highest BCUT2D eigenvalue weighted by Crippen LogP contribution is 2.16. The second kappa shape index (κ2) is 9.12. The molecule has 0 aliphatic heterocycles. The maximum absolute atomic E-state index is 13.4. The number of rotatable bonds is 6. The van der Waals surface area contributed by atoms with Crippen LogP contribution in [0.4, 0.5) is 4.39 Å². The van der Waals surface area contributed by atoms with Crippen molar-refractivity contribution in [2.75, 3.05) is 13.7 Å². The predicted octanol–water partition coefficient (Wildman–Crippen LogP) is 2.35. The number of esters is 1. The van der Waals surface area contributed by atoms with Gasteiger partial charge in [-0.15, -0.1) is 0 Å². The van der Waals surface area contributed by atoms with Crippen molar-refractivity contribution in [2.45, 2.75) is 0 Å². The van der Waals surface area contributed by atoms with Gasteiger partial charge in [-0.25, -0.2) is 9.18 Å². The molecule has 26 heavy (non-hydrogen) atoms. The first-order chi connectivity index (χ1) is 12.5. The number of imide groups is 1. The fourth-order valence-corrected chi connectivity index (χ4v) is 2.02. The van der Waals surface area contributed by atoms with Gasteiger partial charge in [0, 0.05) is 11.6 Å². The van der Waals surface area contributed by atoms with Gasteiger partial charge in [0.2, 0.25) is 0 Å². The van der Waals surface area contributed by atoms with E-state index in [2.05, 4.69) is 5.32 Å². The van der Waals surface area contributed by atoms with Crippen LogP contribution in [-0.2, 0) is 14.3 Å². The highest BCUT2D eigenvalue weighted by molar-refractivity contribution is 6.06. The quantitative estimate of drug-likeness (QED) is 0.634. The van der Waals surface area contributed by atoms with E-state index in [1.165, 1.54) is 37.5 Å². The molecule has 7 heteroatoms. The first kappa shape index (κ1) is 18.9. The average Bonchev–Trinajstić information content (AvgIpc) is 2.65. The molecule has 2 aromatic carbocycles. The van der Waals surface area contributed by atoms with Crippen LogP contribution in [0.5, 0.6) is 5.75 Å². The molecule has 0 unspecified atom stereocenters. The minimum atomic E-state index is -0.840. The van der Waals surface area contributed by atoms with Crippen molar-refractivity contribution in [3.8, 4) is 5.75 Å². The van der Waals surface area contributed by atoms with Gasteiger partial charge in [0.1, 0.15) is 11.6 Å². The average molecular weight is 357 g/mol. The summed E-state index contributed by atoms with van der Waals surface area (Å²) in [4.78, 5) is 35.3. The maximum Gasteiger partial charge on any atom is 0.331 e. The SMILES string of the molecule is COc1ccccc1C(=O)NC(=O)COC(=O)/C=C\c1ccccc1F. The number of carbonyl (C=O) groups excluding carboxylic acids is 3. The van der Waals surface area contributed by atoms with E-state index in [1.54, 1.807) is 24.3 Å². The number of halogens is 1. The van der Waals surface area contributed by atoms with Gasteiger partial charge in [-0.1, -0.05) is 30.3 Å². The Kier molecular flexibility index (Phi) is 6.61. The molecular formula is C19H16FNO5. The number of ether oxygens (including phenoxy) is 2. The Hall–Kier alpha value is -3.48. The lowest BCUT2D eigenvalue weighted by atomic mass is 10.2. The van der Waals surface area contributed by atoms with Crippen LogP contribution in [-0.4, -0.2) is 31.5 Å². The van der Waals surface area contributed by atoms with Gasteiger partial charge in [-0.3, -0.25) is 14.9 Å². The molecule has 0 aliphatic carbocycles. The molecule has 0 heterocycles. The van der Waals surface area contributed by atoms with Crippen molar-refractivity contribution < 1.29 is 28.2 Å². The highest BCUT2D eigenvalue weighted by Gasteiger charge is 2.15. The molecule has 2 rings (SSSR count). The van der Waals surface area contributed by atoms with Crippen LogP contribution in [0.1, 0.15) is 15.9 Å². The Labute approximate surface area is 149 Å². The predicted molar refractivity (Wildman–Crippen MR) is 91.9 cm³/mol. The van der Waals surface area contributed by atoms with E-state index in [0.717, 1.165) is 6.08 Å². The van der Waals surface area contributed by atoms with Crippen molar-refractivity contribution in [3.63, 3.8) is 0 Å². The number of para-hydroxylation sites is 1. The lowest BCUT2D eigenvalue weighted by Gasteiger charge is -2.08. The molecule has 134 valence electrons. The van der Waals surface area contributed by atoms with Gasteiger partial charge in [0.25, 0.3) is 11.8 Å². The Morgan fingerprint density at radius 1 is 1.08 bits per heavy atom. The van der Waals surface area contributed by atoms with E-state index in [4.69, 9.17) is 9.47 Å². The van der Waals surface area contributed by atoms with Crippen LogP contribution >= 0.6 is 0 Å². The number of amides is 2. The Balaban J connectivity index is 1.85. The number of hydrogen-bond acceptors (Lipinski definition) is 5. The number of benzene rings is 2. The second-order valence-electron chi connectivity index (χ2n) is 5.04. The summed E-state index contributed by atoms with van der Waals surface area (Å²) in [5.41, 5.74) is 0.384. The van der Waals surface area contributed by atoms with E-state index in [0.29, 0.717) is 5.75 Å². The van der Waals surface area contributed by atoms with Crippen molar-refractivity contribution in [1.82, 2.24) is 5.32 Å². The van der Waals surface area contributed by atoms with E-state index in [9.17, 15) is 18.8 Å². The Morgan fingerprint density at radius 3 is 2.50 bits per heavy atom. The van der Waals surface area contributed by atoms with Crippen molar-refractivity contribution in [2.24, 2.45) is 0 Å². The summed E-state index contributed by atoms with van der Waals surface area (Å²) in [6.45, 7) is -0.651. The zero-order chi connectivity index (χ0) is 18.9. The highest BCUT2D eigenvalue weighted by atomic mass is 19.1. The summed E-state index contributed by atoms with van der Waals surface area (Å²) in [5, 5.41) is 2.09. The summed E-state index contributed by atoms with van der Waals surface area (Å²) in [7, 11) is 1.40. The topological polar surface area (TPSA) is 81.7 Å². The molecule has 0 atom stereocenters. The molecule has 0 spiro atoms. The number of methoxy groups -OCH3 is 1. The summed E-state index contributed by atoms with van der Waals surface area (Å²) in [6.07, 6.45) is 2.23. The fraction of sp³-hybridized carbons (Fsp3) is 0.105. The monoisotopic (exact) mass is 357 g/mol. The third kappa shape index (κ3) is 5.27. The van der Waals surface area contributed by atoms with E-state index in [1.807, 2.05) is 0 Å². The molecule has 0 bridgehead atoms. The maximum atomic E-state index is 13.4. The lowest BCUT2D eigenvalue weighted by Crippen LogP contribution is -2.34. The normalized spacial score (nSPS) is 10.4. The molecule has 0 aliphatic rings. The largest absolute Gasteiger partial charge is 0.496 e. The molecule has 0 saturated heterocycles. The first-order valence-corrected chi connectivity index (χ1v) is 7.58. The van der Waals surface area contributed by atoms with Crippen LogP contribution in [0, 0.1) is 5.82 Å². The van der Waals surface area contributed by atoms with Gasteiger partial charge in [-0.2, -0.15) is 0 Å². The van der Waals surface area contributed by atoms with E-state index >= 15 is 0 Å². The molecule has 0 fully saturated rings. The van der Waals surface area contributed by atoms with E-state index in [-0.39, 0.29) is 11.1 Å². The van der Waals surface area contributed by atoms with Gasteiger partial charge in [0.05, 0.1) is 12.7 Å². The zero-order valence-electron chi connectivity index (χ0n) is 13.9.